The van der Waals surface area contributed by atoms with Crippen LogP contribution in [0.4, 0.5) is 0 Å². The molecule has 1 aromatic heterocycles. The van der Waals surface area contributed by atoms with Gasteiger partial charge >= 0.3 is 5.95 Å². The van der Waals surface area contributed by atoms with Crippen molar-refractivity contribution in [3.63, 3.8) is 0 Å². The van der Waals surface area contributed by atoms with Crippen molar-refractivity contribution in [2.24, 2.45) is 0 Å². The summed E-state index contributed by atoms with van der Waals surface area (Å²) >= 11 is 0. The topological polar surface area (TPSA) is 93.9 Å². The number of methoxy groups -OCH3 is 2. The largest absolute Gasteiger partial charge is 0.497 e. The van der Waals surface area contributed by atoms with Gasteiger partial charge in [0.15, 0.2) is 5.69 Å². The molecule has 4 aromatic rings. The number of rotatable bonds is 7. The van der Waals surface area contributed by atoms with E-state index < -0.39 is 16.1 Å². The Hall–Kier alpha value is -3.66. The highest BCUT2D eigenvalue weighted by atomic mass is 32.2. The van der Waals surface area contributed by atoms with Gasteiger partial charge in [-0.25, -0.2) is 18.4 Å². The van der Waals surface area contributed by atoms with E-state index in [2.05, 4.69) is 4.83 Å². The van der Waals surface area contributed by atoms with Crippen LogP contribution >= 0.6 is 0 Å². The molecule has 9 heteroatoms. The highest BCUT2D eigenvalue weighted by Gasteiger charge is 2.36. The molecule has 180 valence electrons. The van der Waals surface area contributed by atoms with Gasteiger partial charge in [-0.1, -0.05) is 54.6 Å². The lowest BCUT2D eigenvalue weighted by Gasteiger charge is -2.35. The number of benzene rings is 3. The summed E-state index contributed by atoms with van der Waals surface area (Å²) < 4.78 is 43.2. The molecule has 1 aliphatic rings. The Bertz CT molecular complexity index is 1420. The molecule has 0 radical (unpaired) electrons. The van der Waals surface area contributed by atoms with Gasteiger partial charge in [0.25, 0.3) is 10.0 Å². The average molecular weight is 492 g/mol. The van der Waals surface area contributed by atoms with Gasteiger partial charge in [-0.15, -0.1) is 4.83 Å². The summed E-state index contributed by atoms with van der Waals surface area (Å²) in [6, 6.07) is 23.1. The highest BCUT2D eigenvalue weighted by molar-refractivity contribution is 7.89. The van der Waals surface area contributed by atoms with E-state index in [0.29, 0.717) is 30.3 Å². The number of nitrogens with zero attached hydrogens (tertiary/aromatic N) is 2. The first-order chi connectivity index (χ1) is 17.0. The van der Waals surface area contributed by atoms with E-state index in [4.69, 9.17) is 18.9 Å². The molecule has 35 heavy (non-hydrogen) atoms. The van der Waals surface area contributed by atoms with E-state index in [1.807, 2.05) is 54.6 Å². The number of sulfonamides is 1. The Morgan fingerprint density at radius 1 is 0.943 bits per heavy atom. The normalized spacial score (nSPS) is 16.0. The van der Waals surface area contributed by atoms with Gasteiger partial charge < -0.3 is 13.9 Å². The Morgan fingerprint density at radius 3 is 2.37 bits per heavy atom. The summed E-state index contributed by atoms with van der Waals surface area (Å²) in [5.41, 5.74) is 3.42. The maximum atomic E-state index is 13.3. The van der Waals surface area contributed by atoms with Gasteiger partial charge in [0.1, 0.15) is 11.8 Å². The van der Waals surface area contributed by atoms with Crippen molar-refractivity contribution in [2.75, 3.05) is 20.8 Å². The quantitative estimate of drug-likeness (QED) is 0.414. The third-order valence-electron chi connectivity index (χ3n) is 5.97. The minimum Gasteiger partial charge on any atom is -0.497 e. The molecule has 0 saturated heterocycles. The third kappa shape index (κ3) is 4.53. The molecule has 8 nitrogen and oxygen atoms in total. The number of oxazole rings is 1. The van der Waals surface area contributed by atoms with Crippen LogP contribution in [0.5, 0.6) is 11.7 Å². The number of hydrazine groups is 1. The van der Waals surface area contributed by atoms with Crippen LogP contribution in [-0.4, -0.2) is 39.2 Å². The van der Waals surface area contributed by atoms with E-state index in [1.165, 1.54) is 26.4 Å². The summed E-state index contributed by atoms with van der Waals surface area (Å²) in [6.45, 7) is 0.433. The molecule has 0 spiro atoms. The Morgan fingerprint density at radius 2 is 1.66 bits per heavy atom. The number of fused-ring (bicyclic) bond motifs is 1. The second kappa shape index (κ2) is 9.53. The molecule has 2 heterocycles. The van der Waals surface area contributed by atoms with Crippen LogP contribution in [0.2, 0.25) is 0 Å². The van der Waals surface area contributed by atoms with Gasteiger partial charge in [0, 0.05) is 12.1 Å². The maximum absolute atomic E-state index is 13.3. The van der Waals surface area contributed by atoms with Crippen molar-refractivity contribution >= 4 is 10.0 Å². The van der Waals surface area contributed by atoms with Crippen molar-refractivity contribution in [1.29, 1.82) is 0 Å². The lowest BCUT2D eigenvalue weighted by atomic mass is 9.94. The molecule has 0 saturated carbocycles. The molecule has 1 atom stereocenters. The predicted octanol–water partition coefficient (Wildman–Crippen LogP) is 4.20. The first-order valence-electron chi connectivity index (χ1n) is 11.1. The first kappa shape index (κ1) is 23.1. The lowest BCUT2D eigenvalue weighted by molar-refractivity contribution is 0.153. The number of hydrogen-bond acceptors (Lipinski definition) is 7. The van der Waals surface area contributed by atoms with Gasteiger partial charge in [0.2, 0.25) is 5.89 Å². The maximum Gasteiger partial charge on any atom is 0.313 e. The van der Waals surface area contributed by atoms with Crippen LogP contribution in [0.25, 0.3) is 11.3 Å². The van der Waals surface area contributed by atoms with Crippen LogP contribution in [0, 0.1) is 0 Å². The Balaban J connectivity index is 1.55. The summed E-state index contributed by atoms with van der Waals surface area (Å²) in [4.78, 5) is 7.64. The zero-order chi connectivity index (χ0) is 24.4. The minimum atomic E-state index is -3.87. The van der Waals surface area contributed by atoms with E-state index >= 15 is 0 Å². The minimum absolute atomic E-state index is 0.130. The molecular weight excluding hydrogens is 466 g/mol. The zero-order valence-electron chi connectivity index (χ0n) is 19.3. The SMILES string of the molecule is COc1ccc(S(=O)(=O)NN2CCc3ccccc3[C@@H]2c2nc(-c3ccccc3)c(OC)o2)cc1. The standard InChI is InChI=1S/C26H25N3O5S/c1-32-20-12-14-21(15-13-20)35(30,31)28-29-17-16-18-8-6-7-11-22(18)24(29)25-27-23(26(33-2)34-25)19-9-4-3-5-10-19/h3-15,24,28H,16-17H2,1-2H3/t24-/m1/s1. The van der Waals surface area contributed by atoms with Gasteiger partial charge in [-0.3, -0.25) is 0 Å². The second-order valence-corrected chi connectivity index (χ2v) is 9.73. The molecule has 1 N–H and O–H groups in total. The molecule has 5 rings (SSSR count). The van der Waals surface area contributed by atoms with E-state index in [0.717, 1.165) is 16.7 Å². The smallest absolute Gasteiger partial charge is 0.313 e. The molecule has 0 bridgehead atoms. The fourth-order valence-corrected chi connectivity index (χ4v) is 5.35. The van der Waals surface area contributed by atoms with Crippen molar-refractivity contribution in [1.82, 2.24) is 14.8 Å². The molecule has 0 amide bonds. The second-order valence-electron chi connectivity index (χ2n) is 8.07. The van der Waals surface area contributed by atoms with Crippen LogP contribution < -0.4 is 14.3 Å². The highest BCUT2D eigenvalue weighted by Crippen LogP contribution is 2.39. The van der Waals surface area contributed by atoms with E-state index in [-0.39, 0.29) is 10.8 Å². The number of hydrogen-bond donors (Lipinski definition) is 1. The fourth-order valence-electron chi connectivity index (χ4n) is 4.25. The summed E-state index contributed by atoms with van der Waals surface area (Å²) in [7, 11) is -0.813. The van der Waals surface area contributed by atoms with Crippen LogP contribution in [0.1, 0.15) is 23.1 Å². The summed E-state index contributed by atoms with van der Waals surface area (Å²) in [6.07, 6.45) is 0.668. The third-order valence-corrected chi connectivity index (χ3v) is 7.34. The summed E-state index contributed by atoms with van der Waals surface area (Å²) in [5.74, 6) is 1.19. The molecule has 0 unspecified atom stereocenters. The summed E-state index contributed by atoms with van der Waals surface area (Å²) in [5, 5.41) is 1.65. The first-order valence-corrected chi connectivity index (χ1v) is 12.6. The van der Waals surface area contributed by atoms with Crippen LogP contribution in [0.3, 0.4) is 0 Å². The lowest BCUT2D eigenvalue weighted by Crippen LogP contribution is -2.48. The van der Waals surface area contributed by atoms with Crippen LogP contribution in [0.15, 0.2) is 88.2 Å². The number of ether oxygens (including phenoxy) is 2. The molecule has 0 fully saturated rings. The van der Waals surface area contributed by atoms with E-state index in [1.54, 1.807) is 17.1 Å². The van der Waals surface area contributed by atoms with Gasteiger partial charge in [-0.2, -0.15) is 0 Å². The molecule has 1 aliphatic heterocycles. The Labute approximate surface area is 204 Å². The monoisotopic (exact) mass is 491 g/mol. The molecule has 0 aliphatic carbocycles. The van der Waals surface area contributed by atoms with Crippen molar-refractivity contribution in [2.45, 2.75) is 17.4 Å². The Kier molecular flexibility index (Phi) is 6.29. The zero-order valence-corrected chi connectivity index (χ0v) is 20.2. The number of nitrogens with one attached hydrogen (secondary N) is 1. The molecular formula is C26H25N3O5S. The van der Waals surface area contributed by atoms with Gasteiger partial charge in [0.05, 0.1) is 19.1 Å². The van der Waals surface area contributed by atoms with E-state index in [9.17, 15) is 8.42 Å². The van der Waals surface area contributed by atoms with Crippen molar-refractivity contribution in [3.05, 3.63) is 95.9 Å². The van der Waals surface area contributed by atoms with Gasteiger partial charge in [-0.05, 0) is 41.8 Å². The van der Waals surface area contributed by atoms with Crippen molar-refractivity contribution in [3.8, 4) is 23.0 Å². The fraction of sp³-hybridized carbons (Fsp3) is 0.192. The number of aromatic nitrogens is 1. The van der Waals surface area contributed by atoms with Crippen molar-refractivity contribution < 1.29 is 22.3 Å². The predicted molar refractivity (Wildman–Crippen MR) is 131 cm³/mol. The average Bonchev–Trinajstić information content (AvgIpc) is 3.33. The van der Waals surface area contributed by atoms with Crippen LogP contribution in [-0.2, 0) is 16.4 Å². The molecule has 3 aromatic carbocycles.